The Morgan fingerprint density at radius 3 is 2.71 bits per heavy atom. The van der Waals surface area contributed by atoms with Crippen molar-refractivity contribution in [2.45, 2.75) is 57.5 Å². The van der Waals surface area contributed by atoms with Gasteiger partial charge in [0, 0.05) is 12.1 Å². The molecule has 0 spiro atoms. The highest BCUT2D eigenvalue weighted by molar-refractivity contribution is 5.29. The summed E-state index contributed by atoms with van der Waals surface area (Å²) in [4.78, 5) is 0. The van der Waals surface area contributed by atoms with Gasteiger partial charge in [0.25, 0.3) is 0 Å². The van der Waals surface area contributed by atoms with Gasteiger partial charge in [-0.3, -0.25) is 0 Å². The van der Waals surface area contributed by atoms with Gasteiger partial charge in [0.15, 0.2) is 0 Å². The number of hydrogen-bond donors (Lipinski definition) is 2. The maximum atomic E-state index is 9.54. The highest BCUT2D eigenvalue weighted by atomic mass is 16.3. The van der Waals surface area contributed by atoms with Crippen LogP contribution in [0.15, 0.2) is 24.3 Å². The summed E-state index contributed by atoms with van der Waals surface area (Å²) in [6.45, 7) is 2.20. The summed E-state index contributed by atoms with van der Waals surface area (Å²) in [6.07, 6.45) is 7.77. The number of hydrogen-bond acceptors (Lipinski definition) is 2. The van der Waals surface area contributed by atoms with Crippen LogP contribution in [-0.2, 0) is 0 Å². The Morgan fingerprint density at radius 1 is 1.29 bits per heavy atom. The minimum absolute atomic E-state index is 0.367. The van der Waals surface area contributed by atoms with E-state index in [2.05, 4.69) is 18.3 Å². The highest BCUT2D eigenvalue weighted by Gasteiger charge is 2.18. The molecule has 1 aromatic rings. The number of nitrogens with one attached hydrogen (secondary N) is 1. The standard InChI is InChI=1S/C15H23NO/c1-2-15(12-7-6-10-14(17)11-12)16-13-8-4-3-5-9-13/h6-7,10-11,13,15-17H,2-5,8-9H2,1H3. The fourth-order valence-corrected chi connectivity index (χ4v) is 2.75. The summed E-state index contributed by atoms with van der Waals surface area (Å²) < 4.78 is 0. The smallest absolute Gasteiger partial charge is 0.115 e. The number of benzene rings is 1. The third-order valence-corrected chi connectivity index (χ3v) is 3.72. The molecule has 0 heterocycles. The Balaban J connectivity index is 2.00. The Labute approximate surface area is 104 Å². The monoisotopic (exact) mass is 233 g/mol. The predicted octanol–water partition coefficient (Wildman–Crippen LogP) is 3.77. The van der Waals surface area contributed by atoms with Gasteiger partial charge in [-0.1, -0.05) is 38.3 Å². The zero-order chi connectivity index (χ0) is 12.1. The van der Waals surface area contributed by atoms with Crippen LogP contribution >= 0.6 is 0 Å². The Kier molecular flexibility index (Phi) is 4.43. The summed E-state index contributed by atoms with van der Waals surface area (Å²) in [5, 5.41) is 13.3. The lowest BCUT2D eigenvalue weighted by Gasteiger charge is -2.28. The quantitative estimate of drug-likeness (QED) is 0.829. The summed E-state index contributed by atoms with van der Waals surface area (Å²) in [6, 6.07) is 8.68. The number of aromatic hydroxyl groups is 1. The molecule has 1 saturated carbocycles. The van der Waals surface area contributed by atoms with Crippen molar-refractivity contribution in [3.05, 3.63) is 29.8 Å². The van der Waals surface area contributed by atoms with Crippen molar-refractivity contribution in [2.75, 3.05) is 0 Å². The predicted molar refractivity (Wildman–Crippen MR) is 71.1 cm³/mol. The van der Waals surface area contributed by atoms with Crippen LogP contribution in [-0.4, -0.2) is 11.1 Å². The molecule has 2 nitrogen and oxygen atoms in total. The molecule has 1 atom stereocenters. The van der Waals surface area contributed by atoms with Crippen molar-refractivity contribution in [1.82, 2.24) is 5.32 Å². The molecular formula is C15H23NO. The first-order valence-corrected chi connectivity index (χ1v) is 6.84. The fourth-order valence-electron chi connectivity index (χ4n) is 2.75. The third kappa shape index (κ3) is 3.47. The Bertz CT molecular complexity index is 345. The van der Waals surface area contributed by atoms with Crippen LogP contribution < -0.4 is 5.32 Å². The molecule has 0 amide bonds. The van der Waals surface area contributed by atoms with Crippen molar-refractivity contribution in [2.24, 2.45) is 0 Å². The summed E-state index contributed by atoms with van der Waals surface area (Å²) in [5.41, 5.74) is 1.21. The van der Waals surface area contributed by atoms with Gasteiger partial charge in [-0.05, 0) is 37.0 Å². The molecule has 0 bridgehead atoms. The van der Waals surface area contributed by atoms with Crippen molar-refractivity contribution < 1.29 is 5.11 Å². The average molecular weight is 233 g/mol. The zero-order valence-corrected chi connectivity index (χ0v) is 10.7. The molecule has 0 aromatic heterocycles. The molecular weight excluding hydrogens is 210 g/mol. The van der Waals surface area contributed by atoms with Gasteiger partial charge in [0.1, 0.15) is 5.75 Å². The summed E-state index contributed by atoms with van der Waals surface area (Å²) >= 11 is 0. The number of phenols is 1. The first-order valence-electron chi connectivity index (χ1n) is 6.84. The van der Waals surface area contributed by atoms with E-state index in [0.29, 0.717) is 17.8 Å². The average Bonchev–Trinajstić information content (AvgIpc) is 2.37. The lowest BCUT2D eigenvalue weighted by molar-refractivity contribution is 0.334. The SMILES string of the molecule is CCC(NC1CCCCC1)c1cccc(O)c1. The molecule has 0 saturated heterocycles. The van der Waals surface area contributed by atoms with Gasteiger partial charge >= 0.3 is 0 Å². The van der Waals surface area contributed by atoms with Gasteiger partial charge in [0.2, 0.25) is 0 Å². The van der Waals surface area contributed by atoms with E-state index in [1.54, 1.807) is 6.07 Å². The molecule has 2 N–H and O–H groups in total. The molecule has 0 aliphatic heterocycles. The minimum Gasteiger partial charge on any atom is -0.508 e. The summed E-state index contributed by atoms with van der Waals surface area (Å²) in [5.74, 6) is 0.367. The maximum absolute atomic E-state index is 9.54. The molecule has 1 fully saturated rings. The second kappa shape index (κ2) is 6.06. The van der Waals surface area contributed by atoms with E-state index in [1.165, 1.54) is 37.7 Å². The van der Waals surface area contributed by atoms with E-state index in [0.717, 1.165) is 6.42 Å². The third-order valence-electron chi connectivity index (χ3n) is 3.72. The van der Waals surface area contributed by atoms with E-state index < -0.39 is 0 Å². The lowest BCUT2D eigenvalue weighted by atomic mass is 9.93. The normalized spacial score (nSPS) is 19.1. The Hall–Kier alpha value is -1.02. The molecule has 94 valence electrons. The van der Waals surface area contributed by atoms with Crippen LogP contribution in [0.2, 0.25) is 0 Å². The van der Waals surface area contributed by atoms with E-state index in [-0.39, 0.29) is 0 Å². The molecule has 1 unspecified atom stereocenters. The van der Waals surface area contributed by atoms with Crippen LogP contribution in [0.3, 0.4) is 0 Å². The van der Waals surface area contributed by atoms with Crippen molar-refractivity contribution in [1.29, 1.82) is 0 Å². The lowest BCUT2D eigenvalue weighted by Crippen LogP contribution is -2.34. The first kappa shape index (κ1) is 12.4. The minimum atomic E-state index is 0.367. The first-order chi connectivity index (χ1) is 8.29. The van der Waals surface area contributed by atoms with Crippen LogP contribution in [0, 0.1) is 0 Å². The fraction of sp³-hybridized carbons (Fsp3) is 0.600. The molecule has 0 radical (unpaired) electrons. The zero-order valence-electron chi connectivity index (χ0n) is 10.7. The Morgan fingerprint density at radius 2 is 2.06 bits per heavy atom. The topological polar surface area (TPSA) is 32.3 Å². The van der Waals surface area contributed by atoms with Crippen LogP contribution in [0.5, 0.6) is 5.75 Å². The van der Waals surface area contributed by atoms with E-state index in [1.807, 2.05) is 12.1 Å². The van der Waals surface area contributed by atoms with Crippen molar-refractivity contribution in [3.63, 3.8) is 0 Å². The van der Waals surface area contributed by atoms with E-state index in [4.69, 9.17) is 0 Å². The molecule has 17 heavy (non-hydrogen) atoms. The molecule has 2 heteroatoms. The number of phenolic OH excluding ortho intramolecular Hbond substituents is 1. The molecule has 1 aliphatic rings. The van der Waals surface area contributed by atoms with Crippen LogP contribution in [0.1, 0.15) is 57.1 Å². The molecule has 2 rings (SSSR count). The van der Waals surface area contributed by atoms with Gasteiger partial charge < -0.3 is 10.4 Å². The second-order valence-corrected chi connectivity index (χ2v) is 5.06. The molecule has 1 aromatic carbocycles. The van der Waals surface area contributed by atoms with Crippen LogP contribution in [0.25, 0.3) is 0 Å². The maximum Gasteiger partial charge on any atom is 0.115 e. The highest BCUT2D eigenvalue weighted by Crippen LogP contribution is 2.25. The van der Waals surface area contributed by atoms with Crippen LogP contribution in [0.4, 0.5) is 0 Å². The van der Waals surface area contributed by atoms with Gasteiger partial charge in [-0.15, -0.1) is 0 Å². The van der Waals surface area contributed by atoms with Crippen molar-refractivity contribution in [3.8, 4) is 5.75 Å². The second-order valence-electron chi connectivity index (χ2n) is 5.06. The summed E-state index contributed by atoms with van der Waals surface area (Å²) in [7, 11) is 0. The number of rotatable bonds is 4. The van der Waals surface area contributed by atoms with E-state index >= 15 is 0 Å². The van der Waals surface area contributed by atoms with Gasteiger partial charge in [0.05, 0.1) is 0 Å². The largest absolute Gasteiger partial charge is 0.508 e. The van der Waals surface area contributed by atoms with Gasteiger partial charge in [-0.25, -0.2) is 0 Å². The van der Waals surface area contributed by atoms with Crippen molar-refractivity contribution >= 4 is 0 Å². The molecule has 1 aliphatic carbocycles. The van der Waals surface area contributed by atoms with Gasteiger partial charge in [-0.2, -0.15) is 0 Å². The van der Waals surface area contributed by atoms with E-state index in [9.17, 15) is 5.11 Å².